The molecule has 2 aromatic heterocycles. The number of hydrogen-bond donors (Lipinski definition) is 1. The van der Waals surface area contributed by atoms with Crippen molar-refractivity contribution in [2.75, 3.05) is 6.54 Å². The third-order valence-electron chi connectivity index (χ3n) is 2.45. The van der Waals surface area contributed by atoms with Gasteiger partial charge in [-0.05, 0) is 26.8 Å². The van der Waals surface area contributed by atoms with Crippen LogP contribution in [-0.2, 0) is 0 Å². The van der Waals surface area contributed by atoms with Crippen molar-refractivity contribution in [3.8, 4) is 9.88 Å². The topological polar surface area (TPSA) is 50.7 Å². The summed E-state index contributed by atoms with van der Waals surface area (Å²) in [6, 6.07) is 0.273. The molecule has 0 aromatic carbocycles. The predicted molar refractivity (Wildman–Crippen MR) is 72.5 cm³/mol. The number of thiazole rings is 1. The molecule has 1 atom stereocenters. The number of aryl methyl sites for hydroxylation is 1. The van der Waals surface area contributed by atoms with Crippen molar-refractivity contribution in [3.63, 3.8) is 0 Å². The molecule has 0 saturated carbocycles. The van der Waals surface area contributed by atoms with E-state index in [0.717, 1.165) is 33.6 Å². The Morgan fingerprint density at radius 3 is 2.88 bits per heavy atom. The third-order valence-corrected chi connectivity index (χ3v) is 4.64. The molecular weight excluding hydrogens is 252 g/mol. The molecule has 92 valence electrons. The molecule has 2 rings (SSSR count). The normalized spacial score (nSPS) is 12.9. The molecule has 4 nitrogen and oxygen atoms in total. The summed E-state index contributed by atoms with van der Waals surface area (Å²) < 4.78 is 0. The molecule has 0 radical (unpaired) electrons. The molecule has 0 aliphatic carbocycles. The maximum atomic E-state index is 4.25. The Morgan fingerprint density at radius 2 is 2.24 bits per heavy atom. The fourth-order valence-corrected chi connectivity index (χ4v) is 3.27. The fourth-order valence-electron chi connectivity index (χ4n) is 1.46. The van der Waals surface area contributed by atoms with Gasteiger partial charge in [0.2, 0.25) is 0 Å². The van der Waals surface area contributed by atoms with Crippen LogP contribution in [0.2, 0.25) is 0 Å². The number of aromatic nitrogens is 3. The lowest BCUT2D eigenvalue weighted by atomic mass is 10.3. The number of rotatable bonds is 5. The van der Waals surface area contributed by atoms with Gasteiger partial charge in [0, 0.05) is 0 Å². The van der Waals surface area contributed by atoms with Crippen molar-refractivity contribution in [1.29, 1.82) is 0 Å². The summed E-state index contributed by atoms with van der Waals surface area (Å²) >= 11 is 3.27. The van der Waals surface area contributed by atoms with Gasteiger partial charge in [0.25, 0.3) is 0 Å². The van der Waals surface area contributed by atoms with Gasteiger partial charge in [-0.25, -0.2) is 4.98 Å². The summed E-state index contributed by atoms with van der Waals surface area (Å²) in [6.07, 6.45) is 1.13. The van der Waals surface area contributed by atoms with E-state index in [4.69, 9.17) is 0 Å². The van der Waals surface area contributed by atoms with Crippen LogP contribution in [0, 0.1) is 6.92 Å². The molecule has 0 saturated heterocycles. The maximum Gasteiger partial charge on any atom is 0.159 e. The van der Waals surface area contributed by atoms with E-state index in [2.05, 4.69) is 34.3 Å². The zero-order chi connectivity index (χ0) is 12.3. The lowest BCUT2D eigenvalue weighted by Crippen LogP contribution is -2.18. The van der Waals surface area contributed by atoms with Crippen molar-refractivity contribution in [3.05, 3.63) is 16.2 Å². The van der Waals surface area contributed by atoms with Crippen molar-refractivity contribution >= 4 is 22.7 Å². The van der Waals surface area contributed by atoms with Crippen LogP contribution in [0.1, 0.15) is 37.0 Å². The van der Waals surface area contributed by atoms with Gasteiger partial charge in [-0.3, -0.25) is 0 Å². The first kappa shape index (κ1) is 12.6. The minimum Gasteiger partial charge on any atom is -0.308 e. The van der Waals surface area contributed by atoms with Crippen molar-refractivity contribution in [2.24, 2.45) is 0 Å². The Morgan fingerprint density at radius 1 is 1.41 bits per heavy atom. The second-order valence-corrected chi connectivity index (χ2v) is 5.75. The van der Waals surface area contributed by atoms with E-state index in [0.29, 0.717) is 0 Å². The van der Waals surface area contributed by atoms with Gasteiger partial charge >= 0.3 is 0 Å². The number of hydrogen-bond acceptors (Lipinski definition) is 6. The van der Waals surface area contributed by atoms with Crippen LogP contribution in [-0.4, -0.2) is 21.7 Å². The standard InChI is InChI=1S/C11H16N4S2/c1-4-5-12-8(3)10-14-15-11(17-10)9-7(2)13-6-16-9/h6,8,12H,4-5H2,1-3H3. The summed E-state index contributed by atoms with van der Waals surface area (Å²) in [6.45, 7) is 7.30. The molecule has 0 aliphatic rings. The van der Waals surface area contributed by atoms with Gasteiger partial charge in [-0.15, -0.1) is 21.5 Å². The molecule has 6 heteroatoms. The van der Waals surface area contributed by atoms with Crippen LogP contribution in [0.4, 0.5) is 0 Å². The molecule has 0 aliphatic heterocycles. The Kier molecular flexibility index (Phi) is 4.20. The van der Waals surface area contributed by atoms with Crippen LogP contribution in [0.5, 0.6) is 0 Å². The van der Waals surface area contributed by atoms with Gasteiger partial charge in [0.15, 0.2) is 5.01 Å². The summed E-state index contributed by atoms with van der Waals surface area (Å²) in [7, 11) is 0. The highest BCUT2D eigenvalue weighted by atomic mass is 32.1. The molecular formula is C11H16N4S2. The molecule has 2 heterocycles. The Hall–Kier alpha value is -0.850. The average Bonchev–Trinajstić information content (AvgIpc) is 2.93. The third kappa shape index (κ3) is 2.88. The largest absolute Gasteiger partial charge is 0.308 e. The molecule has 0 spiro atoms. The van der Waals surface area contributed by atoms with Gasteiger partial charge < -0.3 is 5.32 Å². The fraction of sp³-hybridized carbons (Fsp3) is 0.545. The van der Waals surface area contributed by atoms with Crippen LogP contribution in [0.25, 0.3) is 9.88 Å². The first-order chi connectivity index (χ1) is 8.22. The molecule has 1 unspecified atom stereocenters. The van der Waals surface area contributed by atoms with E-state index in [1.54, 1.807) is 22.7 Å². The Labute approximate surface area is 109 Å². The first-order valence-electron chi connectivity index (χ1n) is 5.69. The lowest BCUT2D eigenvalue weighted by Gasteiger charge is -2.08. The molecule has 1 N–H and O–H groups in total. The highest BCUT2D eigenvalue weighted by molar-refractivity contribution is 7.20. The predicted octanol–water partition coefficient (Wildman–Crippen LogP) is 3.03. The summed E-state index contributed by atoms with van der Waals surface area (Å²) in [5.74, 6) is 0. The molecule has 17 heavy (non-hydrogen) atoms. The monoisotopic (exact) mass is 268 g/mol. The number of nitrogens with one attached hydrogen (secondary N) is 1. The molecule has 0 fully saturated rings. The van der Waals surface area contributed by atoms with Crippen LogP contribution < -0.4 is 5.32 Å². The lowest BCUT2D eigenvalue weighted by molar-refractivity contribution is 0.564. The summed E-state index contributed by atoms with van der Waals surface area (Å²) in [4.78, 5) is 5.37. The second kappa shape index (κ2) is 5.66. The zero-order valence-electron chi connectivity index (χ0n) is 10.2. The van der Waals surface area contributed by atoms with E-state index in [1.165, 1.54) is 0 Å². The highest BCUT2D eigenvalue weighted by Crippen LogP contribution is 2.31. The molecule has 0 bridgehead atoms. The van der Waals surface area contributed by atoms with Gasteiger partial charge in [0.1, 0.15) is 5.01 Å². The molecule has 0 amide bonds. The number of nitrogens with zero attached hydrogens (tertiary/aromatic N) is 3. The summed E-state index contributed by atoms with van der Waals surface area (Å²) in [5, 5.41) is 13.9. The molecule has 2 aromatic rings. The van der Waals surface area contributed by atoms with E-state index >= 15 is 0 Å². The van der Waals surface area contributed by atoms with Crippen molar-refractivity contribution in [1.82, 2.24) is 20.5 Å². The SMILES string of the molecule is CCCNC(C)c1nnc(-c2scnc2C)s1. The Balaban J connectivity index is 2.13. The zero-order valence-corrected chi connectivity index (χ0v) is 11.9. The van der Waals surface area contributed by atoms with Crippen LogP contribution >= 0.6 is 22.7 Å². The van der Waals surface area contributed by atoms with E-state index in [9.17, 15) is 0 Å². The van der Waals surface area contributed by atoms with Gasteiger partial charge in [0.05, 0.1) is 22.1 Å². The smallest absolute Gasteiger partial charge is 0.159 e. The minimum atomic E-state index is 0.273. The van der Waals surface area contributed by atoms with Crippen LogP contribution in [0.15, 0.2) is 5.51 Å². The quantitative estimate of drug-likeness (QED) is 0.905. The Bertz CT molecular complexity index is 477. The van der Waals surface area contributed by atoms with Crippen molar-refractivity contribution < 1.29 is 0 Å². The van der Waals surface area contributed by atoms with Gasteiger partial charge in [-0.2, -0.15) is 0 Å². The minimum absolute atomic E-state index is 0.273. The first-order valence-corrected chi connectivity index (χ1v) is 7.39. The van der Waals surface area contributed by atoms with E-state index in [-0.39, 0.29) is 6.04 Å². The summed E-state index contributed by atoms with van der Waals surface area (Å²) in [5.41, 5.74) is 2.89. The van der Waals surface area contributed by atoms with Crippen molar-refractivity contribution in [2.45, 2.75) is 33.2 Å². The van der Waals surface area contributed by atoms with Gasteiger partial charge in [-0.1, -0.05) is 18.3 Å². The van der Waals surface area contributed by atoms with E-state index < -0.39 is 0 Å². The highest BCUT2D eigenvalue weighted by Gasteiger charge is 2.14. The average molecular weight is 268 g/mol. The maximum absolute atomic E-state index is 4.25. The second-order valence-electron chi connectivity index (χ2n) is 3.89. The van der Waals surface area contributed by atoms with Crippen LogP contribution in [0.3, 0.4) is 0 Å². The van der Waals surface area contributed by atoms with E-state index in [1.807, 2.05) is 12.4 Å².